The Hall–Kier alpha value is -5.05. The fourth-order valence-electron chi connectivity index (χ4n) is 6.88. The number of nitrogens with zero attached hydrogens (tertiary/aromatic N) is 2. The number of ether oxygens (including phenoxy) is 2. The van der Waals surface area contributed by atoms with Crippen LogP contribution in [0.3, 0.4) is 0 Å². The zero-order chi connectivity index (χ0) is 40.5. The van der Waals surface area contributed by atoms with Gasteiger partial charge < -0.3 is 19.3 Å². The van der Waals surface area contributed by atoms with Crippen LogP contribution in [0.25, 0.3) is 11.1 Å². The maximum atomic E-state index is 5.50. The standard InChI is InChI=1S/C50H60N2O2Si2/c1-49(2,3)55(9,10)47-33-25-43(26-34-47)51(41-21-29-45(53-7)30-22-41)39-17-13-37(14-18-39)38-15-19-40(20-16-38)52(42-23-31-46(54-8)32-24-42)44-27-35-48(36-28-44)56(11,12)50(4,5)6/h13-36H,1-12H3. The lowest BCUT2D eigenvalue weighted by Gasteiger charge is -2.37. The van der Waals surface area contributed by atoms with Crippen LogP contribution in [0, 0.1) is 0 Å². The van der Waals surface area contributed by atoms with Gasteiger partial charge in [-0.15, -0.1) is 0 Å². The van der Waals surface area contributed by atoms with Gasteiger partial charge in [0, 0.05) is 34.1 Å². The van der Waals surface area contributed by atoms with Crippen LogP contribution in [0.2, 0.25) is 36.3 Å². The number of anilines is 6. The van der Waals surface area contributed by atoms with E-state index in [0.717, 1.165) is 56.8 Å². The Morgan fingerprint density at radius 2 is 0.554 bits per heavy atom. The van der Waals surface area contributed by atoms with Gasteiger partial charge in [-0.05, 0) is 118 Å². The van der Waals surface area contributed by atoms with Crippen molar-refractivity contribution in [1.29, 1.82) is 0 Å². The first-order valence-electron chi connectivity index (χ1n) is 19.7. The van der Waals surface area contributed by atoms with Crippen molar-refractivity contribution in [2.24, 2.45) is 0 Å². The quantitative estimate of drug-likeness (QED) is 0.122. The monoisotopic (exact) mass is 776 g/mol. The first-order valence-corrected chi connectivity index (χ1v) is 25.7. The molecule has 0 fully saturated rings. The summed E-state index contributed by atoms with van der Waals surface area (Å²) in [7, 11) is 0.0868. The highest BCUT2D eigenvalue weighted by Crippen LogP contribution is 2.41. The van der Waals surface area contributed by atoms with Crippen LogP contribution in [0.1, 0.15) is 41.5 Å². The van der Waals surface area contributed by atoms with E-state index in [1.807, 2.05) is 24.3 Å². The number of hydrogen-bond donors (Lipinski definition) is 0. The molecule has 0 N–H and O–H groups in total. The topological polar surface area (TPSA) is 24.9 Å². The SMILES string of the molecule is COc1ccc(N(c2ccc(-c3ccc(N(c4ccc(OC)cc4)c4ccc([Si](C)(C)C(C)(C)C)cc4)cc3)cc2)c2ccc([Si](C)(C)C(C)(C)C)cc2)cc1. The zero-order valence-electron chi connectivity index (χ0n) is 35.6. The average Bonchev–Trinajstić information content (AvgIpc) is 3.19. The molecule has 0 saturated heterocycles. The lowest BCUT2D eigenvalue weighted by Crippen LogP contribution is -2.49. The van der Waals surface area contributed by atoms with E-state index in [-0.39, 0.29) is 10.1 Å². The van der Waals surface area contributed by atoms with Gasteiger partial charge in [0.1, 0.15) is 11.5 Å². The maximum absolute atomic E-state index is 5.50. The number of benzene rings is 6. The predicted molar refractivity (Wildman–Crippen MR) is 248 cm³/mol. The van der Waals surface area contributed by atoms with Crippen molar-refractivity contribution in [2.75, 3.05) is 24.0 Å². The van der Waals surface area contributed by atoms with Crippen LogP contribution in [0.15, 0.2) is 146 Å². The Morgan fingerprint density at radius 3 is 0.768 bits per heavy atom. The van der Waals surface area contributed by atoms with E-state index in [1.165, 1.54) is 10.4 Å². The molecule has 0 unspecified atom stereocenters. The first-order chi connectivity index (χ1) is 26.4. The average molecular weight is 777 g/mol. The molecule has 0 saturated carbocycles. The molecule has 290 valence electrons. The second-order valence-electron chi connectivity index (χ2n) is 18.0. The summed E-state index contributed by atoms with van der Waals surface area (Å²) in [6.07, 6.45) is 0. The molecule has 0 aromatic heterocycles. The molecule has 6 aromatic rings. The van der Waals surface area contributed by atoms with Gasteiger partial charge in [0.15, 0.2) is 0 Å². The van der Waals surface area contributed by atoms with Crippen molar-refractivity contribution in [3.05, 3.63) is 146 Å². The Morgan fingerprint density at radius 1 is 0.339 bits per heavy atom. The van der Waals surface area contributed by atoms with Crippen LogP contribution < -0.4 is 29.6 Å². The van der Waals surface area contributed by atoms with E-state index in [1.54, 1.807) is 14.2 Å². The summed E-state index contributed by atoms with van der Waals surface area (Å²) in [5.74, 6) is 1.68. The van der Waals surface area contributed by atoms with Crippen molar-refractivity contribution >= 4 is 60.6 Å². The molecule has 6 aromatic carbocycles. The van der Waals surface area contributed by atoms with Crippen LogP contribution in [-0.2, 0) is 0 Å². The van der Waals surface area contributed by atoms with Crippen molar-refractivity contribution in [2.45, 2.75) is 77.8 Å². The Kier molecular flexibility index (Phi) is 11.5. The maximum Gasteiger partial charge on any atom is 0.119 e. The second-order valence-corrected chi connectivity index (χ2v) is 28.7. The summed E-state index contributed by atoms with van der Waals surface area (Å²) in [4.78, 5) is 4.65. The van der Waals surface area contributed by atoms with Gasteiger partial charge in [0.05, 0.1) is 30.4 Å². The molecule has 0 aliphatic heterocycles. The fourth-order valence-corrected chi connectivity index (χ4v) is 10.6. The van der Waals surface area contributed by atoms with Crippen LogP contribution in [0.4, 0.5) is 34.1 Å². The highest BCUT2D eigenvalue weighted by molar-refractivity contribution is 6.92. The highest BCUT2D eigenvalue weighted by atomic mass is 28.3. The Bertz CT molecular complexity index is 2030. The number of rotatable bonds is 11. The molecule has 0 atom stereocenters. The molecule has 0 aliphatic rings. The molecule has 56 heavy (non-hydrogen) atoms. The lowest BCUT2D eigenvalue weighted by molar-refractivity contribution is 0.414. The molecular weight excluding hydrogens is 717 g/mol. The third kappa shape index (κ3) is 8.23. The molecule has 0 radical (unpaired) electrons. The van der Waals surface area contributed by atoms with E-state index < -0.39 is 16.1 Å². The summed E-state index contributed by atoms with van der Waals surface area (Å²) in [6.45, 7) is 24.1. The molecule has 0 bridgehead atoms. The van der Waals surface area contributed by atoms with E-state index >= 15 is 0 Å². The minimum atomic E-state index is -1.67. The molecule has 6 heteroatoms. The molecule has 0 spiro atoms. The molecule has 0 heterocycles. The van der Waals surface area contributed by atoms with Crippen LogP contribution in [0.5, 0.6) is 11.5 Å². The van der Waals surface area contributed by atoms with E-state index in [9.17, 15) is 0 Å². The summed E-state index contributed by atoms with van der Waals surface area (Å²) in [6, 6.07) is 52.9. The summed E-state index contributed by atoms with van der Waals surface area (Å²) in [5.41, 5.74) is 8.95. The summed E-state index contributed by atoms with van der Waals surface area (Å²) in [5, 5.41) is 3.47. The largest absolute Gasteiger partial charge is 0.497 e. The normalized spacial score (nSPS) is 12.3. The van der Waals surface area contributed by atoms with Gasteiger partial charge in [0.2, 0.25) is 0 Å². The van der Waals surface area contributed by atoms with Gasteiger partial charge in [-0.2, -0.15) is 0 Å². The van der Waals surface area contributed by atoms with Crippen LogP contribution in [-0.4, -0.2) is 30.4 Å². The van der Waals surface area contributed by atoms with Crippen molar-refractivity contribution in [3.8, 4) is 22.6 Å². The zero-order valence-corrected chi connectivity index (χ0v) is 37.6. The molecule has 0 aliphatic carbocycles. The van der Waals surface area contributed by atoms with Gasteiger partial charge >= 0.3 is 0 Å². The number of methoxy groups -OCH3 is 2. The lowest BCUT2D eigenvalue weighted by atomic mass is 10.0. The molecule has 0 amide bonds. The molecule has 4 nitrogen and oxygen atoms in total. The molecular formula is C50H60N2O2Si2. The molecule has 6 rings (SSSR count). The van der Waals surface area contributed by atoms with Gasteiger partial charge in [0.25, 0.3) is 0 Å². The Balaban J connectivity index is 1.32. The van der Waals surface area contributed by atoms with E-state index in [4.69, 9.17) is 9.47 Å². The smallest absolute Gasteiger partial charge is 0.119 e. The van der Waals surface area contributed by atoms with Crippen LogP contribution >= 0.6 is 0 Å². The minimum Gasteiger partial charge on any atom is -0.497 e. The van der Waals surface area contributed by atoms with Gasteiger partial charge in [-0.3, -0.25) is 0 Å². The second kappa shape index (κ2) is 15.8. The van der Waals surface area contributed by atoms with Crippen molar-refractivity contribution in [1.82, 2.24) is 0 Å². The van der Waals surface area contributed by atoms with Crippen molar-refractivity contribution in [3.63, 3.8) is 0 Å². The highest BCUT2D eigenvalue weighted by Gasteiger charge is 2.37. The third-order valence-corrected chi connectivity index (χ3v) is 23.7. The third-order valence-electron chi connectivity index (χ3n) is 12.7. The fraction of sp³-hybridized carbons (Fsp3) is 0.280. The van der Waals surface area contributed by atoms with Gasteiger partial charge in [-0.1, -0.05) is 127 Å². The summed E-state index contributed by atoms with van der Waals surface area (Å²) < 4.78 is 11.0. The van der Waals surface area contributed by atoms with E-state index in [0.29, 0.717) is 0 Å². The van der Waals surface area contributed by atoms with E-state index in [2.05, 4.69) is 199 Å². The first kappa shape index (κ1) is 40.6. The Labute approximate surface area is 338 Å². The van der Waals surface area contributed by atoms with Crippen molar-refractivity contribution < 1.29 is 9.47 Å². The summed E-state index contributed by atoms with van der Waals surface area (Å²) >= 11 is 0. The predicted octanol–water partition coefficient (Wildman–Crippen LogP) is 13.7. The minimum absolute atomic E-state index is 0.266. The number of hydrogen-bond acceptors (Lipinski definition) is 4. The van der Waals surface area contributed by atoms with Gasteiger partial charge in [-0.25, -0.2) is 0 Å².